The van der Waals surface area contributed by atoms with Gasteiger partial charge in [0.2, 0.25) is 0 Å². The van der Waals surface area contributed by atoms with Gasteiger partial charge in [-0.05, 0) is 99.0 Å². The maximum Gasteiger partial charge on any atom is 0.255 e. The Balaban J connectivity index is 0.844. The summed E-state index contributed by atoms with van der Waals surface area (Å²) in [7, 11) is 0. The van der Waals surface area contributed by atoms with Crippen molar-refractivity contribution in [1.29, 1.82) is 0 Å². The van der Waals surface area contributed by atoms with Crippen LogP contribution in [-0.2, 0) is 5.41 Å². The molecule has 0 aliphatic heterocycles. The topological polar surface area (TPSA) is 45.1 Å². The van der Waals surface area contributed by atoms with Crippen LogP contribution in [0.2, 0.25) is 0 Å². The van der Waals surface area contributed by atoms with Crippen molar-refractivity contribution >= 4 is 32.8 Å². The van der Waals surface area contributed by atoms with E-state index < -0.39 is 0 Å². The van der Waals surface area contributed by atoms with Gasteiger partial charge in [0.1, 0.15) is 40.2 Å². The fourth-order valence-corrected chi connectivity index (χ4v) is 11.5. The maximum absolute atomic E-state index is 7.26. The van der Waals surface area contributed by atoms with Crippen LogP contribution in [0.25, 0.3) is 106 Å². The molecule has 0 amide bonds. The Labute approximate surface area is 477 Å². The highest BCUT2D eigenvalue weighted by molar-refractivity contribution is 6.09. The van der Waals surface area contributed by atoms with Gasteiger partial charge in [-0.2, -0.15) is 9.13 Å². The molecule has 0 saturated carbocycles. The third-order valence-corrected chi connectivity index (χ3v) is 15.5. The van der Waals surface area contributed by atoms with Crippen molar-refractivity contribution in [1.82, 2.24) is 14.1 Å². The van der Waals surface area contributed by atoms with Crippen LogP contribution in [0.1, 0.15) is 26.3 Å². The summed E-state index contributed by atoms with van der Waals surface area (Å²) < 4.78 is 21.0. The fraction of sp³-hybridized carbons (Fsp3) is 0.0526. The normalized spacial score (nSPS) is 11.6. The van der Waals surface area contributed by atoms with Crippen molar-refractivity contribution in [2.24, 2.45) is 0 Å². The van der Waals surface area contributed by atoms with Gasteiger partial charge in [0, 0.05) is 57.4 Å². The van der Waals surface area contributed by atoms with E-state index in [2.05, 4.69) is 302 Å². The summed E-state index contributed by atoms with van der Waals surface area (Å²) >= 11 is 0. The number of benzene rings is 11. The van der Waals surface area contributed by atoms with Gasteiger partial charge in [-0.25, -0.2) is 4.98 Å². The lowest BCUT2D eigenvalue weighted by Crippen LogP contribution is -2.30. The second-order valence-corrected chi connectivity index (χ2v) is 21.8. The molecule has 3 aromatic heterocycles. The molecule has 0 saturated heterocycles. The average molecular weight is 1060 g/mol. The van der Waals surface area contributed by atoms with Crippen LogP contribution in [0.4, 0.5) is 0 Å². The molecule has 6 heteroatoms. The number of ether oxygens (including phenoxy) is 2. The van der Waals surface area contributed by atoms with Crippen LogP contribution in [0, 0.1) is 0 Å². The molecule has 0 radical (unpaired) electrons. The SMILES string of the molecule is CC(C)(C)c1cc(-c2ccccc2)cc(-c2cccc(-c3ccccc3)c2Oc2ccnc(-n3c4ccccc4c4ccc(Oc5cccc(-n6c[n+](-c7c(-c8ccccc8)cccc7-c7ccccc7)c7ccccc76)c5)cc43)c2)c1. The largest absolute Gasteiger partial charge is 0.457 e. The van der Waals surface area contributed by atoms with Gasteiger partial charge in [-0.1, -0.05) is 227 Å². The van der Waals surface area contributed by atoms with E-state index in [0.29, 0.717) is 17.2 Å². The van der Waals surface area contributed by atoms with E-state index in [4.69, 9.17) is 14.5 Å². The molecule has 82 heavy (non-hydrogen) atoms. The summed E-state index contributed by atoms with van der Waals surface area (Å²) in [6.45, 7) is 6.82. The van der Waals surface area contributed by atoms with Gasteiger partial charge in [-0.3, -0.25) is 4.57 Å². The Morgan fingerprint density at radius 3 is 1.60 bits per heavy atom. The molecule has 11 aromatic carbocycles. The molecule has 6 nitrogen and oxygen atoms in total. The van der Waals surface area contributed by atoms with Crippen molar-refractivity contribution < 1.29 is 14.0 Å². The van der Waals surface area contributed by atoms with Crippen LogP contribution < -0.4 is 14.0 Å². The molecule has 0 spiro atoms. The van der Waals surface area contributed by atoms with Crippen molar-refractivity contribution in [2.75, 3.05) is 0 Å². The minimum atomic E-state index is -0.0954. The maximum atomic E-state index is 7.26. The molecular weight excluding hydrogens is 1000 g/mol. The fourth-order valence-electron chi connectivity index (χ4n) is 11.5. The molecule has 0 fully saturated rings. The van der Waals surface area contributed by atoms with E-state index in [1.165, 1.54) is 11.1 Å². The number of hydrogen-bond acceptors (Lipinski definition) is 3. The smallest absolute Gasteiger partial charge is 0.255 e. The number of imidazole rings is 1. The highest BCUT2D eigenvalue weighted by Gasteiger charge is 2.26. The number of pyridine rings is 1. The predicted octanol–water partition coefficient (Wildman–Crippen LogP) is 19.6. The number of nitrogens with zero attached hydrogens (tertiary/aromatic N) is 4. The van der Waals surface area contributed by atoms with Gasteiger partial charge in [0.05, 0.1) is 11.0 Å². The van der Waals surface area contributed by atoms with Gasteiger partial charge < -0.3 is 9.47 Å². The van der Waals surface area contributed by atoms with Crippen LogP contribution >= 0.6 is 0 Å². The van der Waals surface area contributed by atoms with E-state index in [-0.39, 0.29) is 5.41 Å². The standard InChI is InChI=1S/C76H57N4O2/c1-76(2,3)58-46-56(52-23-8-4-9-24-52)45-57(47-58)66-37-22-36-65(55-29-14-7-15-30-55)75(66)82-62-43-44-77-73(50-62)80-69-38-17-16-33-67(69)68-42-41-61(49-72(68)80)81-60-32-20-31-59(48-60)78-51-79(71-40-19-18-39-70(71)78)74-63(53-25-10-5-11-26-53)34-21-35-64(74)54-27-12-6-13-28-54/h4-51H,1-3H3/q+1. The quantitative estimate of drug-likeness (QED) is 0.115. The van der Waals surface area contributed by atoms with E-state index in [1.807, 2.05) is 24.4 Å². The lowest BCUT2D eigenvalue weighted by Gasteiger charge is -2.23. The zero-order valence-corrected chi connectivity index (χ0v) is 45.8. The average Bonchev–Trinajstić information content (AvgIpc) is 4.25. The summed E-state index contributed by atoms with van der Waals surface area (Å²) in [5.74, 6) is 3.57. The van der Waals surface area contributed by atoms with E-state index in [9.17, 15) is 0 Å². The lowest BCUT2D eigenvalue weighted by atomic mass is 9.83. The van der Waals surface area contributed by atoms with Crippen molar-refractivity contribution in [3.63, 3.8) is 0 Å². The Bertz CT molecular complexity index is 4600. The summed E-state index contributed by atoms with van der Waals surface area (Å²) in [5, 5.41) is 2.20. The first-order chi connectivity index (χ1) is 40.3. The second-order valence-electron chi connectivity index (χ2n) is 21.8. The minimum absolute atomic E-state index is 0.0954. The number of aromatic nitrogens is 4. The first-order valence-corrected chi connectivity index (χ1v) is 27.9. The molecule has 14 aromatic rings. The van der Waals surface area contributed by atoms with Gasteiger partial charge >= 0.3 is 0 Å². The summed E-state index contributed by atoms with van der Waals surface area (Å²) in [6.07, 6.45) is 4.05. The molecular formula is C76H57N4O2+. The Morgan fingerprint density at radius 1 is 0.378 bits per heavy atom. The van der Waals surface area contributed by atoms with E-state index in [1.54, 1.807) is 0 Å². The molecule has 0 unspecified atom stereocenters. The Hall–Kier alpha value is -10.6. The molecule has 3 heterocycles. The van der Waals surface area contributed by atoms with Crippen LogP contribution in [0.15, 0.2) is 292 Å². The molecule has 14 rings (SSSR count). The third-order valence-electron chi connectivity index (χ3n) is 15.5. The molecule has 0 aliphatic rings. The first-order valence-electron chi connectivity index (χ1n) is 27.9. The molecule has 0 aliphatic carbocycles. The highest BCUT2D eigenvalue weighted by atomic mass is 16.5. The van der Waals surface area contributed by atoms with Crippen LogP contribution in [-0.4, -0.2) is 14.1 Å². The predicted molar refractivity (Wildman–Crippen MR) is 336 cm³/mol. The zero-order valence-electron chi connectivity index (χ0n) is 45.8. The molecule has 0 atom stereocenters. The third kappa shape index (κ3) is 9.36. The lowest BCUT2D eigenvalue weighted by molar-refractivity contribution is -0.566. The van der Waals surface area contributed by atoms with Crippen LogP contribution in [0.3, 0.4) is 0 Å². The minimum Gasteiger partial charge on any atom is -0.457 e. The zero-order chi connectivity index (χ0) is 55.2. The van der Waals surface area contributed by atoms with Gasteiger partial charge in [0.15, 0.2) is 11.0 Å². The highest BCUT2D eigenvalue weighted by Crippen LogP contribution is 2.45. The number of hydrogen-bond donors (Lipinski definition) is 0. The summed E-state index contributed by atoms with van der Waals surface area (Å²) in [4.78, 5) is 5.06. The Kier molecular flexibility index (Phi) is 12.7. The number of rotatable bonds is 12. The van der Waals surface area contributed by atoms with Crippen molar-refractivity contribution in [3.05, 3.63) is 297 Å². The monoisotopic (exact) mass is 1060 g/mol. The van der Waals surface area contributed by atoms with E-state index in [0.717, 1.165) is 106 Å². The summed E-state index contributed by atoms with van der Waals surface area (Å²) in [6, 6.07) is 98.2. The van der Waals surface area contributed by atoms with Crippen LogP contribution in [0.5, 0.6) is 23.0 Å². The first kappa shape index (κ1) is 49.7. The van der Waals surface area contributed by atoms with Gasteiger partial charge in [-0.15, -0.1) is 0 Å². The van der Waals surface area contributed by atoms with E-state index >= 15 is 0 Å². The van der Waals surface area contributed by atoms with Gasteiger partial charge in [0.25, 0.3) is 6.33 Å². The molecule has 392 valence electrons. The molecule has 0 bridgehead atoms. The second kappa shape index (κ2) is 20.9. The Morgan fingerprint density at radius 2 is 0.915 bits per heavy atom. The molecule has 0 N–H and O–H groups in total. The number of fused-ring (bicyclic) bond motifs is 4. The van der Waals surface area contributed by atoms with Crippen molar-refractivity contribution in [2.45, 2.75) is 26.2 Å². The van der Waals surface area contributed by atoms with Crippen molar-refractivity contribution in [3.8, 4) is 95.8 Å². The summed E-state index contributed by atoms with van der Waals surface area (Å²) in [5.41, 5.74) is 18.4. The number of para-hydroxylation sites is 5.